The predicted molar refractivity (Wildman–Crippen MR) is 293 cm³/mol. The molecule has 19 nitrogen and oxygen atoms in total. The Bertz CT molecular complexity index is 3960. The van der Waals surface area contributed by atoms with Gasteiger partial charge in [-0.05, 0) is 149 Å². The van der Waals surface area contributed by atoms with Crippen LogP contribution in [0.2, 0.25) is 0 Å². The molecular formula is C59H49FN15O4+. The molecule has 8 aromatic rings. The standard InChI is InChI=1S/C59H48FN15O4/c1-33-8-9-39(70-53(76)37-12-18-65-47(24-37)57(3,4)30-61)27-40(33)43-14-21-68-51(71-43)36-11-20-67-49(26-36)75-56(79)59(15-16-59)32-69-50-29-44(35-10-17-64-46(23-35)55(78)63-7)72-52(74-50)41-28-45(42(60)22-34(41)2)73-54(77)38-13-19-66-48(25-38)58(5,6)31-62/h8-14,17-29H,15-16H2,1-7H3,(H3-,63,67,70,73,75,76,77,78,79)/p+1. The first-order valence-corrected chi connectivity index (χ1v) is 24.7. The van der Waals surface area contributed by atoms with E-state index in [1.54, 1.807) is 95.4 Å². The van der Waals surface area contributed by atoms with Crippen molar-refractivity contribution in [1.82, 2.24) is 45.2 Å². The normalized spacial score (nSPS) is 12.4. The zero-order chi connectivity index (χ0) is 56.2. The molecule has 1 aliphatic rings. The Hall–Kier alpha value is -10.5. The Balaban J connectivity index is 0.970. The average molecular weight is 1050 g/mol. The molecule has 1 saturated carbocycles. The van der Waals surface area contributed by atoms with Crippen LogP contribution >= 0.6 is 0 Å². The predicted octanol–water partition coefficient (Wildman–Crippen LogP) is 10.1. The molecule has 0 spiro atoms. The van der Waals surface area contributed by atoms with Crippen LogP contribution in [0.4, 0.5) is 27.4 Å². The van der Waals surface area contributed by atoms with E-state index < -0.39 is 39.8 Å². The van der Waals surface area contributed by atoms with Crippen molar-refractivity contribution in [2.24, 2.45) is 5.41 Å². The van der Waals surface area contributed by atoms with Gasteiger partial charge in [-0.3, -0.25) is 34.1 Å². The van der Waals surface area contributed by atoms with Gasteiger partial charge in [0.15, 0.2) is 17.3 Å². The highest BCUT2D eigenvalue weighted by molar-refractivity contribution is 6.05. The van der Waals surface area contributed by atoms with Crippen molar-refractivity contribution >= 4 is 46.6 Å². The summed E-state index contributed by atoms with van der Waals surface area (Å²) in [5.41, 5.74) is 3.11. The molecule has 1 fully saturated rings. The van der Waals surface area contributed by atoms with E-state index in [9.17, 15) is 29.7 Å². The lowest BCUT2D eigenvalue weighted by molar-refractivity contribution is -0.119. The summed E-state index contributed by atoms with van der Waals surface area (Å²) in [6.45, 7) is 10.4. The summed E-state index contributed by atoms with van der Waals surface area (Å²) in [7, 11) is 1.48. The van der Waals surface area contributed by atoms with Gasteiger partial charge in [0.05, 0.1) is 63.1 Å². The fourth-order valence-corrected chi connectivity index (χ4v) is 8.13. The SMILES string of the molecule is CNC(=O)c1cc(-c2cc([N+]#CC3(C(=O)Nc4cc(-c5nccc(-c6cc(NC(=O)c7ccnc(C(C)(C)C#N)c7)ccc6C)n5)ccn4)CC3)nc(-c3cc(NC(=O)c4ccnc(C(C)(C)C#N)c4)c(F)cc3C)n2)ccn1. The van der Waals surface area contributed by atoms with E-state index >= 15 is 4.39 Å². The third-order valence-corrected chi connectivity index (χ3v) is 13.2. The van der Waals surface area contributed by atoms with Crippen LogP contribution in [0.15, 0.2) is 122 Å². The Labute approximate surface area is 453 Å². The fraction of sp³-hybridized carbons (Fsp3) is 0.203. The lowest BCUT2D eigenvalue weighted by Crippen LogP contribution is -2.23. The quantitative estimate of drug-likeness (QED) is 0.0837. The molecule has 6 heterocycles. The molecule has 0 radical (unpaired) electrons. The van der Waals surface area contributed by atoms with Crippen molar-refractivity contribution in [3.8, 4) is 63.5 Å². The zero-order valence-corrected chi connectivity index (χ0v) is 43.9. The summed E-state index contributed by atoms with van der Waals surface area (Å²) in [6.07, 6.45) is 8.33. The highest BCUT2D eigenvalue weighted by atomic mass is 19.1. The van der Waals surface area contributed by atoms with Crippen LogP contribution in [0, 0.1) is 53.8 Å². The van der Waals surface area contributed by atoms with Gasteiger partial charge in [0.25, 0.3) is 23.5 Å². The lowest BCUT2D eigenvalue weighted by Gasteiger charge is -2.15. The number of hydrogen-bond acceptors (Lipinski definition) is 14. The number of nitrogens with one attached hydrogen (secondary N) is 4. The van der Waals surface area contributed by atoms with Gasteiger partial charge >= 0.3 is 5.82 Å². The van der Waals surface area contributed by atoms with Gasteiger partial charge in [-0.25, -0.2) is 24.3 Å². The lowest BCUT2D eigenvalue weighted by atomic mass is 9.90. The number of halogens is 1. The molecule has 0 atom stereocenters. The molecule has 0 aliphatic heterocycles. The van der Waals surface area contributed by atoms with Crippen LogP contribution in [-0.2, 0) is 15.6 Å². The minimum Gasteiger partial charge on any atom is -0.354 e. The topological polar surface area (TPSA) is 271 Å². The van der Waals surface area contributed by atoms with Crippen molar-refractivity contribution in [3.63, 3.8) is 0 Å². The molecule has 390 valence electrons. The third kappa shape index (κ3) is 11.7. The van der Waals surface area contributed by atoms with Gasteiger partial charge < -0.3 is 21.3 Å². The number of pyridine rings is 4. The van der Waals surface area contributed by atoms with E-state index in [0.717, 1.165) is 11.1 Å². The molecule has 4 amide bonds. The number of rotatable bonds is 13. The van der Waals surface area contributed by atoms with Gasteiger partial charge in [-0.1, -0.05) is 6.07 Å². The smallest absolute Gasteiger partial charge is 0.354 e. The number of anilines is 3. The average Bonchev–Trinajstić information content (AvgIpc) is 4.37. The molecule has 4 N–H and O–H groups in total. The Morgan fingerprint density at radius 1 is 0.608 bits per heavy atom. The molecule has 0 bridgehead atoms. The van der Waals surface area contributed by atoms with Crippen molar-refractivity contribution in [3.05, 3.63) is 172 Å². The van der Waals surface area contributed by atoms with Crippen LogP contribution in [0.3, 0.4) is 0 Å². The zero-order valence-electron chi connectivity index (χ0n) is 43.9. The maximum absolute atomic E-state index is 15.7. The van der Waals surface area contributed by atoms with Crippen LogP contribution in [0.1, 0.15) is 94.3 Å². The van der Waals surface area contributed by atoms with Crippen LogP contribution < -0.4 is 21.3 Å². The number of benzene rings is 2. The summed E-state index contributed by atoms with van der Waals surface area (Å²) >= 11 is 0. The minimum atomic E-state index is -1.16. The molecule has 79 heavy (non-hydrogen) atoms. The number of aromatic nitrogens is 8. The number of nitrogens with zero attached hydrogens (tertiary/aromatic N) is 11. The number of amides is 4. The van der Waals surface area contributed by atoms with Gasteiger partial charge in [0.1, 0.15) is 17.3 Å². The number of carbonyl (C=O) groups is 4. The van der Waals surface area contributed by atoms with Crippen LogP contribution in [0.25, 0.3) is 50.1 Å². The largest absolute Gasteiger partial charge is 0.430 e. The first-order chi connectivity index (χ1) is 37.8. The fourth-order valence-electron chi connectivity index (χ4n) is 8.13. The highest BCUT2D eigenvalue weighted by Gasteiger charge is 2.53. The van der Waals surface area contributed by atoms with E-state index in [4.69, 9.17) is 15.0 Å². The van der Waals surface area contributed by atoms with Gasteiger partial charge in [-0.2, -0.15) is 15.4 Å². The first-order valence-electron chi connectivity index (χ1n) is 24.7. The molecule has 1 aliphatic carbocycles. The first kappa shape index (κ1) is 53.3. The molecule has 0 saturated heterocycles. The number of aryl methyl sites for hydroxylation is 2. The maximum atomic E-state index is 15.7. The summed E-state index contributed by atoms with van der Waals surface area (Å²) in [4.78, 5) is 94.3. The summed E-state index contributed by atoms with van der Waals surface area (Å²) < 4.78 is 15.7. The van der Waals surface area contributed by atoms with Crippen molar-refractivity contribution in [1.29, 1.82) is 10.5 Å². The Kier molecular flexibility index (Phi) is 14.6. The summed E-state index contributed by atoms with van der Waals surface area (Å²) in [5, 5.41) is 30.3. The molecule has 9 rings (SSSR count). The molecule has 6 aromatic heterocycles. The second-order valence-corrected chi connectivity index (χ2v) is 19.8. The van der Waals surface area contributed by atoms with E-state index in [-0.39, 0.29) is 40.3 Å². The number of hydrogen-bond donors (Lipinski definition) is 4. The Morgan fingerprint density at radius 2 is 1.24 bits per heavy atom. The molecular weight excluding hydrogens is 1000 g/mol. The second-order valence-electron chi connectivity index (χ2n) is 19.8. The van der Waals surface area contributed by atoms with Crippen LogP contribution in [-0.4, -0.2) is 70.5 Å². The Morgan fingerprint density at radius 3 is 1.91 bits per heavy atom. The molecule has 2 aromatic carbocycles. The van der Waals surface area contributed by atoms with Crippen molar-refractivity contribution in [2.75, 3.05) is 23.0 Å². The van der Waals surface area contributed by atoms with Crippen molar-refractivity contribution in [2.45, 2.75) is 65.2 Å². The van der Waals surface area contributed by atoms with Gasteiger partial charge in [-0.15, -0.1) is 0 Å². The number of nitriles is 2. The highest BCUT2D eigenvalue weighted by Crippen LogP contribution is 2.47. The second kappa shape index (κ2) is 21.6. The molecule has 0 unspecified atom stereocenters. The maximum Gasteiger partial charge on any atom is 0.430 e. The summed E-state index contributed by atoms with van der Waals surface area (Å²) in [6, 6.07) is 31.5. The minimum absolute atomic E-state index is 0.0832. The van der Waals surface area contributed by atoms with Gasteiger partial charge in [0.2, 0.25) is 5.91 Å². The van der Waals surface area contributed by atoms with E-state index in [1.165, 1.54) is 56.1 Å². The van der Waals surface area contributed by atoms with E-state index in [1.807, 2.05) is 19.1 Å². The summed E-state index contributed by atoms with van der Waals surface area (Å²) in [5.74, 6) is -1.85. The monoisotopic (exact) mass is 1050 g/mol. The van der Waals surface area contributed by atoms with E-state index in [2.05, 4.69) is 69.2 Å². The van der Waals surface area contributed by atoms with Crippen LogP contribution in [0.5, 0.6) is 0 Å². The third-order valence-electron chi connectivity index (χ3n) is 13.2. The molecule has 20 heteroatoms. The van der Waals surface area contributed by atoms with Gasteiger partial charge in [0, 0.05) is 71.5 Å². The number of carbonyl (C=O) groups excluding carboxylic acids is 4. The van der Waals surface area contributed by atoms with Crippen molar-refractivity contribution < 1.29 is 23.6 Å². The van der Waals surface area contributed by atoms with E-state index in [0.29, 0.717) is 74.9 Å².